The minimum Gasteiger partial charge on any atom is -0.423 e. The fourth-order valence-electron chi connectivity index (χ4n) is 13.9. The van der Waals surface area contributed by atoms with Crippen molar-refractivity contribution in [2.24, 2.45) is 0 Å². The number of nitrogens with zero attached hydrogens (tertiary/aromatic N) is 4. The van der Waals surface area contributed by atoms with Crippen LogP contribution < -0.4 is 33.8 Å². The predicted octanol–water partition coefficient (Wildman–Crippen LogP) is 29.1. The van der Waals surface area contributed by atoms with Crippen molar-refractivity contribution in [1.82, 2.24) is 0 Å². The fourth-order valence-corrected chi connectivity index (χ4v) is 13.9. The van der Waals surface area contributed by atoms with E-state index in [-0.39, 0.29) is 0 Å². The van der Waals surface area contributed by atoms with Crippen LogP contribution in [0.25, 0.3) is 34.4 Å². The Kier molecular flexibility index (Phi) is 27.4. The molecular formula is C112H90N4O6. The topological polar surface area (TPSA) is 91.9 Å². The van der Waals surface area contributed by atoms with Gasteiger partial charge in [-0.25, -0.2) is 14.4 Å². The molecule has 0 aliphatic rings. The van der Waals surface area contributed by atoms with Gasteiger partial charge in [0.25, 0.3) is 0 Å². The number of hydrogen-bond acceptors (Lipinski definition) is 10. The third-order valence-corrected chi connectivity index (χ3v) is 20.1. The van der Waals surface area contributed by atoms with Gasteiger partial charge in [-0.05, 0) is 271 Å². The maximum Gasteiger partial charge on any atom is 0.338 e. The number of carbonyl (C=O) groups excluding carboxylic acids is 3. The predicted molar refractivity (Wildman–Crippen MR) is 505 cm³/mol. The lowest BCUT2D eigenvalue weighted by Crippen LogP contribution is -2.11. The summed E-state index contributed by atoms with van der Waals surface area (Å²) in [7, 11) is 0. The normalized spacial score (nSPS) is 10.5. The summed E-state index contributed by atoms with van der Waals surface area (Å²) in [6.07, 6.45) is 6.77. The molecule has 0 heterocycles. The molecule has 122 heavy (non-hydrogen) atoms. The van der Waals surface area contributed by atoms with Crippen LogP contribution in [-0.2, 0) is 14.4 Å². The number of benzene rings is 16. The van der Waals surface area contributed by atoms with Crippen molar-refractivity contribution >= 4 is 109 Å². The van der Waals surface area contributed by atoms with Crippen LogP contribution in [0.3, 0.4) is 0 Å². The van der Waals surface area contributed by atoms with Crippen LogP contribution in [0.15, 0.2) is 468 Å². The molecule has 0 radical (unpaired) electrons. The number of anilines is 12. The number of carbonyl (C=O) groups is 3. The number of esters is 3. The quantitative estimate of drug-likeness (QED) is 0.0238. The molecule has 0 saturated carbocycles. The highest BCUT2D eigenvalue weighted by molar-refractivity contribution is 5.94. The van der Waals surface area contributed by atoms with E-state index < -0.39 is 17.9 Å². The van der Waals surface area contributed by atoms with Crippen molar-refractivity contribution in [2.45, 2.75) is 20.8 Å². The fraction of sp³-hybridized carbons (Fsp3) is 0.0268. The van der Waals surface area contributed by atoms with Crippen molar-refractivity contribution in [1.29, 1.82) is 0 Å². The van der Waals surface area contributed by atoms with Gasteiger partial charge in [-0.1, -0.05) is 280 Å². The second kappa shape index (κ2) is 40.6. The first kappa shape index (κ1) is 82.4. The van der Waals surface area contributed by atoms with E-state index in [1.54, 1.807) is 43.3 Å². The average molecular weight is 1590 g/mol. The zero-order valence-corrected chi connectivity index (χ0v) is 68.2. The summed E-state index contributed by atoms with van der Waals surface area (Å²) in [6.45, 7) is 16.4. The lowest BCUT2D eigenvalue weighted by molar-refractivity contribution is -0.130. The summed E-state index contributed by atoms with van der Waals surface area (Å²) in [6, 6.07) is 146. The van der Waals surface area contributed by atoms with E-state index in [0.29, 0.717) is 22.8 Å². The van der Waals surface area contributed by atoms with Crippen LogP contribution in [0.2, 0.25) is 0 Å². The van der Waals surface area contributed by atoms with Gasteiger partial charge >= 0.3 is 17.9 Å². The van der Waals surface area contributed by atoms with E-state index >= 15 is 0 Å². The Hall–Kier alpha value is -16.2. The van der Waals surface area contributed by atoms with Gasteiger partial charge < -0.3 is 33.8 Å². The molecule has 16 aromatic carbocycles. The molecule has 0 spiro atoms. The molecule has 16 rings (SSSR count). The molecule has 16 aromatic rings. The largest absolute Gasteiger partial charge is 0.423 e. The van der Waals surface area contributed by atoms with E-state index in [9.17, 15) is 14.4 Å². The minimum atomic E-state index is -0.482. The molecule has 0 saturated heterocycles. The third-order valence-electron chi connectivity index (χ3n) is 20.1. The molecule has 0 aliphatic heterocycles. The average Bonchev–Trinajstić information content (AvgIpc) is 0.805. The van der Waals surface area contributed by atoms with Gasteiger partial charge in [0, 0.05) is 86.0 Å². The number of ether oxygens (including phenoxy) is 3. The molecule has 0 aliphatic carbocycles. The Morgan fingerprint density at radius 2 is 0.443 bits per heavy atom. The van der Waals surface area contributed by atoms with Gasteiger partial charge in [-0.2, -0.15) is 0 Å². The van der Waals surface area contributed by atoms with Crippen molar-refractivity contribution in [3.05, 3.63) is 513 Å². The molecule has 0 N–H and O–H groups in total. The van der Waals surface area contributed by atoms with E-state index in [0.717, 1.165) is 103 Å². The number of hydrogen-bond donors (Lipinski definition) is 0. The first-order valence-corrected chi connectivity index (χ1v) is 40.2. The molecule has 0 bridgehead atoms. The molecule has 10 heteroatoms. The van der Waals surface area contributed by atoms with Gasteiger partial charge in [0.1, 0.15) is 17.2 Å². The van der Waals surface area contributed by atoms with Crippen LogP contribution in [0.5, 0.6) is 17.2 Å². The Morgan fingerprint density at radius 3 is 0.672 bits per heavy atom. The molecular weight excluding hydrogens is 1500 g/mol. The highest BCUT2D eigenvalue weighted by atomic mass is 16.5. The van der Waals surface area contributed by atoms with Gasteiger partial charge in [0.05, 0.1) is 0 Å². The SMILES string of the molecule is C=C(C)C(=O)Oc1ccc(N(c2ccc(C)cc2)c2ccc(C=C(c3ccccc3)c3ccccc3)cc2)cc1.C=CC(=O)Oc1ccc(N(c2ccc(C)cc2)c2ccc(C=C(c3ccccc3)c3ccccc3)cc2)cc1.C=CC(=O)Oc1ccc(N(c2ccccc2)c2ccc(-c3ccc(N(c4ccccc4)c4ccccc4)cc3)cc2)cc1. The van der Waals surface area contributed by atoms with E-state index in [2.05, 4.69) is 369 Å². The van der Waals surface area contributed by atoms with Crippen LogP contribution in [0.1, 0.15) is 51.4 Å². The van der Waals surface area contributed by atoms with Gasteiger partial charge in [-0.15, -0.1) is 0 Å². The van der Waals surface area contributed by atoms with Gasteiger partial charge in [-0.3, -0.25) is 0 Å². The lowest BCUT2D eigenvalue weighted by Gasteiger charge is -2.26. The second-order valence-electron chi connectivity index (χ2n) is 28.8. The summed E-state index contributed by atoms with van der Waals surface area (Å²) >= 11 is 0. The Labute approximate surface area is 715 Å². The maximum absolute atomic E-state index is 12.0. The summed E-state index contributed by atoms with van der Waals surface area (Å²) in [5, 5.41) is 0. The van der Waals surface area contributed by atoms with Crippen LogP contribution in [-0.4, -0.2) is 17.9 Å². The standard InChI is InChI=1S/C39H30N2O2.C37H31NO2.C36H29NO2/c1-2-39(42)43-38-28-26-37(27-29-38)41(34-16-10-5-11-17-34)36-24-20-31(21-25-36)30-18-22-35(23-19-30)40(32-12-6-3-7-13-32)33-14-8-4-9-15-33;1-27(2)37(39)40-35-24-22-34(23-25-35)38(32-18-14-28(3)15-19-32)33-20-16-29(17-21-33)26-36(30-10-6-4-7-11-30)31-12-8-5-9-13-31;1-3-36(38)39-34-24-22-33(23-25-34)37(31-18-14-27(2)15-19-31)32-20-16-28(17-21-32)26-35(29-10-6-4-7-11-29)30-12-8-5-9-13-30/h2-29H,1H2;4-26H,1H2,2-3H3;3-26H,1H2,2H3. The van der Waals surface area contributed by atoms with Gasteiger partial charge in [0.2, 0.25) is 0 Å². The molecule has 0 atom stereocenters. The maximum atomic E-state index is 12.0. The zero-order valence-electron chi connectivity index (χ0n) is 68.2. The van der Waals surface area contributed by atoms with Gasteiger partial charge in [0.15, 0.2) is 0 Å². The lowest BCUT2D eigenvalue weighted by atomic mass is 9.95. The smallest absolute Gasteiger partial charge is 0.338 e. The third kappa shape index (κ3) is 21.5. The summed E-state index contributed by atoms with van der Waals surface area (Å²) in [5.41, 5.74) is 26.6. The minimum absolute atomic E-state index is 0.363. The van der Waals surface area contributed by atoms with Crippen LogP contribution in [0.4, 0.5) is 68.2 Å². The highest BCUT2D eigenvalue weighted by Gasteiger charge is 2.20. The van der Waals surface area contributed by atoms with Crippen molar-refractivity contribution in [2.75, 3.05) is 19.6 Å². The number of aryl methyl sites for hydroxylation is 2. The van der Waals surface area contributed by atoms with Crippen molar-refractivity contribution in [3.8, 4) is 28.4 Å². The first-order chi connectivity index (χ1) is 59.8. The van der Waals surface area contributed by atoms with Crippen molar-refractivity contribution in [3.63, 3.8) is 0 Å². The zero-order chi connectivity index (χ0) is 84.4. The van der Waals surface area contributed by atoms with E-state index in [1.807, 2.05) is 91.0 Å². The van der Waals surface area contributed by atoms with Crippen LogP contribution in [0, 0.1) is 13.8 Å². The van der Waals surface area contributed by atoms with Crippen molar-refractivity contribution < 1.29 is 28.6 Å². The highest BCUT2D eigenvalue weighted by Crippen LogP contribution is 2.42. The molecule has 0 aromatic heterocycles. The Balaban J connectivity index is 0.000000150. The molecule has 0 amide bonds. The molecule has 10 nitrogen and oxygen atoms in total. The second-order valence-corrected chi connectivity index (χ2v) is 28.8. The Morgan fingerprint density at radius 1 is 0.246 bits per heavy atom. The first-order valence-electron chi connectivity index (χ1n) is 40.2. The summed E-state index contributed by atoms with van der Waals surface area (Å²) < 4.78 is 15.9. The van der Waals surface area contributed by atoms with E-state index in [1.165, 1.54) is 44.5 Å². The Bertz CT molecular complexity index is 6080. The number of rotatable bonds is 25. The summed E-state index contributed by atoms with van der Waals surface area (Å²) in [5.74, 6) is 0.0322. The van der Waals surface area contributed by atoms with Crippen LogP contribution >= 0.6 is 0 Å². The molecule has 0 fully saturated rings. The van der Waals surface area contributed by atoms with E-state index in [4.69, 9.17) is 14.2 Å². The molecule has 0 unspecified atom stereocenters. The number of para-hydroxylation sites is 3. The monoisotopic (exact) mass is 1590 g/mol. The summed E-state index contributed by atoms with van der Waals surface area (Å²) in [4.78, 5) is 44.0. The molecule has 594 valence electrons.